The molecule has 0 amide bonds. The van der Waals surface area contributed by atoms with Gasteiger partial charge in [0.15, 0.2) is 0 Å². The minimum Gasteiger partial charge on any atom is -0.496 e. The van der Waals surface area contributed by atoms with Crippen molar-refractivity contribution in [2.24, 2.45) is 5.73 Å². The van der Waals surface area contributed by atoms with Crippen LogP contribution in [0.15, 0.2) is 12.1 Å². The summed E-state index contributed by atoms with van der Waals surface area (Å²) in [4.78, 5) is 0. The molecule has 0 saturated heterocycles. The molecule has 0 aliphatic carbocycles. The van der Waals surface area contributed by atoms with Crippen LogP contribution in [0.4, 0.5) is 4.39 Å². The van der Waals surface area contributed by atoms with E-state index in [0.717, 1.165) is 16.9 Å². The molecule has 1 aromatic carbocycles. The van der Waals surface area contributed by atoms with Gasteiger partial charge in [-0.2, -0.15) is 0 Å². The van der Waals surface area contributed by atoms with Crippen molar-refractivity contribution in [1.82, 2.24) is 0 Å². The van der Waals surface area contributed by atoms with Crippen LogP contribution in [0.2, 0.25) is 0 Å². The minimum absolute atomic E-state index is 0.00472. The molecule has 1 rings (SSSR count). The lowest BCUT2D eigenvalue weighted by atomic mass is 10.0. The number of halogens is 1. The van der Waals surface area contributed by atoms with Crippen LogP contribution in [-0.4, -0.2) is 13.2 Å². The van der Waals surface area contributed by atoms with E-state index >= 15 is 0 Å². The molecule has 0 aliphatic rings. The van der Waals surface area contributed by atoms with Crippen LogP contribution in [0.5, 0.6) is 5.75 Å². The average Bonchev–Trinajstić information content (AvgIpc) is 2.01. The summed E-state index contributed by atoms with van der Waals surface area (Å²) < 4.78 is 18.3. The zero-order valence-corrected chi connectivity index (χ0v) is 8.80. The summed E-state index contributed by atoms with van der Waals surface area (Å²) in [6.07, 6.45) is 0.627. The zero-order valence-electron chi connectivity index (χ0n) is 8.80. The highest BCUT2D eigenvalue weighted by Gasteiger charge is 2.10. The van der Waals surface area contributed by atoms with Crippen LogP contribution in [0.3, 0.4) is 0 Å². The number of ether oxygens (including phenoxy) is 1. The lowest BCUT2D eigenvalue weighted by Gasteiger charge is -2.13. The standard InChI is InChI=1S/C11H16FNO/c1-7-4-10(12)6-9(5-8(2)13)11(7)14-3/h4,6,8H,5,13H2,1-3H3. The molecule has 14 heavy (non-hydrogen) atoms. The molecule has 0 radical (unpaired) electrons. The molecule has 0 aromatic heterocycles. The molecule has 0 heterocycles. The Balaban J connectivity index is 3.11. The molecule has 78 valence electrons. The Kier molecular flexibility index (Phi) is 3.47. The lowest BCUT2D eigenvalue weighted by molar-refractivity contribution is 0.403. The molecule has 0 saturated carbocycles. The smallest absolute Gasteiger partial charge is 0.125 e. The van der Waals surface area contributed by atoms with E-state index in [1.54, 1.807) is 7.11 Å². The second-order valence-electron chi connectivity index (χ2n) is 3.60. The third-order valence-corrected chi connectivity index (χ3v) is 2.06. The first-order valence-electron chi connectivity index (χ1n) is 4.63. The molecular formula is C11H16FNO. The highest BCUT2D eigenvalue weighted by molar-refractivity contribution is 5.41. The topological polar surface area (TPSA) is 35.2 Å². The van der Waals surface area contributed by atoms with Gasteiger partial charge in [0.25, 0.3) is 0 Å². The van der Waals surface area contributed by atoms with Crippen molar-refractivity contribution in [3.63, 3.8) is 0 Å². The largest absolute Gasteiger partial charge is 0.496 e. The van der Waals surface area contributed by atoms with Crippen LogP contribution in [0.1, 0.15) is 18.1 Å². The molecule has 2 N–H and O–H groups in total. The fraction of sp³-hybridized carbons (Fsp3) is 0.455. The van der Waals surface area contributed by atoms with Crippen molar-refractivity contribution < 1.29 is 9.13 Å². The van der Waals surface area contributed by atoms with Gasteiger partial charge in [-0.05, 0) is 43.5 Å². The minimum atomic E-state index is -0.237. The van der Waals surface area contributed by atoms with Gasteiger partial charge >= 0.3 is 0 Å². The van der Waals surface area contributed by atoms with Crippen LogP contribution in [-0.2, 0) is 6.42 Å². The third-order valence-electron chi connectivity index (χ3n) is 2.06. The van der Waals surface area contributed by atoms with Crippen LogP contribution >= 0.6 is 0 Å². The summed E-state index contributed by atoms with van der Waals surface area (Å²) in [6.45, 7) is 3.71. The van der Waals surface area contributed by atoms with E-state index in [-0.39, 0.29) is 11.9 Å². The number of methoxy groups -OCH3 is 1. The first-order chi connectivity index (χ1) is 6.54. The van der Waals surface area contributed by atoms with Gasteiger partial charge in [-0.1, -0.05) is 0 Å². The molecule has 2 nitrogen and oxygen atoms in total. The number of rotatable bonds is 3. The van der Waals surface area contributed by atoms with Crippen molar-refractivity contribution in [1.29, 1.82) is 0 Å². The molecule has 0 bridgehead atoms. The van der Waals surface area contributed by atoms with Crippen molar-refractivity contribution in [2.45, 2.75) is 26.3 Å². The van der Waals surface area contributed by atoms with Crippen LogP contribution in [0, 0.1) is 12.7 Å². The normalized spacial score (nSPS) is 12.6. The summed E-state index contributed by atoms with van der Waals surface area (Å²) in [7, 11) is 1.59. The van der Waals surface area contributed by atoms with Gasteiger partial charge < -0.3 is 10.5 Å². The number of nitrogens with two attached hydrogens (primary N) is 1. The van der Waals surface area contributed by atoms with Gasteiger partial charge in [-0.15, -0.1) is 0 Å². The van der Waals surface area contributed by atoms with E-state index in [2.05, 4.69) is 0 Å². The Bertz CT molecular complexity index is 323. The molecule has 0 fully saturated rings. The molecule has 0 aliphatic heterocycles. The molecule has 0 spiro atoms. The number of hydrogen-bond donors (Lipinski definition) is 1. The lowest BCUT2D eigenvalue weighted by Crippen LogP contribution is -2.18. The maximum absolute atomic E-state index is 13.1. The van der Waals surface area contributed by atoms with Crippen LogP contribution in [0.25, 0.3) is 0 Å². The Morgan fingerprint density at radius 3 is 2.64 bits per heavy atom. The summed E-state index contributed by atoms with van der Waals surface area (Å²) >= 11 is 0. The van der Waals surface area contributed by atoms with E-state index in [9.17, 15) is 4.39 Å². The Morgan fingerprint density at radius 2 is 2.14 bits per heavy atom. The highest BCUT2D eigenvalue weighted by Crippen LogP contribution is 2.25. The second-order valence-corrected chi connectivity index (χ2v) is 3.60. The number of benzene rings is 1. The van der Waals surface area contributed by atoms with Crippen LogP contribution < -0.4 is 10.5 Å². The Hall–Kier alpha value is -1.09. The van der Waals surface area contributed by atoms with Crippen molar-refractivity contribution in [3.8, 4) is 5.75 Å². The summed E-state index contributed by atoms with van der Waals surface area (Å²) in [5.74, 6) is 0.502. The van der Waals surface area contributed by atoms with E-state index < -0.39 is 0 Å². The molecule has 3 heteroatoms. The first kappa shape index (κ1) is 11.0. The maximum Gasteiger partial charge on any atom is 0.125 e. The van der Waals surface area contributed by atoms with E-state index in [4.69, 9.17) is 10.5 Å². The summed E-state index contributed by atoms with van der Waals surface area (Å²) in [5, 5.41) is 0. The quantitative estimate of drug-likeness (QED) is 0.804. The van der Waals surface area contributed by atoms with E-state index in [0.29, 0.717) is 6.42 Å². The Morgan fingerprint density at radius 1 is 1.50 bits per heavy atom. The van der Waals surface area contributed by atoms with Crippen molar-refractivity contribution in [2.75, 3.05) is 7.11 Å². The van der Waals surface area contributed by atoms with Crippen molar-refractivity contribution >= 4 is 0 Å². The SMILES string of the molecule is COc1c(C)cc(F)cc1CC(C)N. The summed E-state index contributed by atoms with van der Waals surface area (Å²) in [5.41, 5.74) is 7.31. The van der Waals surface area contributed by atoms with Gasteiger partial charge in [0.05, 0.1) is 7.11 Å². The maximum atomic E-state index is 13.1. The zero-order chi connectivity index (χ0) is 10.7. The molecule has 1 atom stereocenters. The number of hydrogen-bond acceptors (Lipinski definition) is 2. The monoisotopic (exact) mass is 197 g/mol. The van der Waals surface area contributed by atoms with Gasteiger partial charge in [-0.3, -0.25) is 0 Å². The highest BCUT2D eigenvalue weighted by atomic mass is 19.1. The molecular weight excluding hydrogens is 181 g/mol. The van der Waals surface area contributed by atoms with Crippen molar-refractivity contribution in [3.05, 3.63) is 29.1 Å². The number of aryl methyl sites for hydroxylation is 1. The Labute approximate surface area is 83.9 Å². The summed E-state index contributed by atoms with van der Waals surface area (Å²) in [6, 6.07) is 2.95. The fourth-order valence-corrected chi connectivity index (χ4v) is 1.59. The first-order valence-corrected chi connectivity index (χ1v) is 4.63. The van der Waals surface area contributed by atoms with E-state index in [1.807, 2.05) is 13.8 Å². The van der Waals surface area contributed by atoms with Gasteiger partial charge in [0.2, 0.25) is 0 Å². The predicted molar refractivity (Wildman–Crippen MR) is 55.0 cm³/mol. The van der Waals surface area contributed by atoms with E-state index in [1.165, 1.54) is 12.1 Å². The predicted octanol–water partition coefficient (Wildman–Crippen LogP) is 2.03. The van der Waals surface area contributed by atoms with Gasteiger partial charge in [0, 0.05) is 6.04 Å². The third kappa shape index (κ3) is 2.45. The second kappa shape index (κ2) is 4.42. The average molecular weight is 197 g/mol. The molecule has 1 aromatic rings. The molecule has 1 unspecified atom stereocenters. The fourth-order valence-electron chi connectivity index (χ4n) is 1.59. The van der Waals surface area contributed by atoms with Gasteiger partial charge in [0.1, 0.15) is 11.6 Å². The van der Waals surface area contributed by atoms with Gasteiger partial charge in [-0.25, -0.2) is 4.39 Å².